The van der Waals surface area contributed by atoms with Gasteiger partial charge >= 0.3 is 0 Å². The van der Waals surface area contributed by atoms with Crippen molar-refractivity contribution in [2.75, 3.05) is 29.2 Å². The van der Waals surface area contributed by atoms with Crippen LogP contribution in [-0.4, -0.2) is 31.4 Å². The van der Waals surface area contributed by atoms with Crippen LogP contribution in [0, 0.1) is 0 Å². The van der Waals surface area contributed by atoms with Crippen molar-refractivity contribution in [2.24, 2.45) is 0 Å². The number of carbonyl (C=O) groups excluding carboxylic acids is 3. The fourth-order valence-electron chi connectivity index (χ4n) is 2.36. The molecule has 0 fully saturated rings. The van der Waals surface area contributed by atoms with E-state index in [1.807, 2.05) is 0 Å². The average Bonchev–Trinajstić information content (AvgIpc) is 2.59. The maximum Gasteiger partial charge on any atom is 0.244 e. The topological polar surface area (TPSA) is 87.7 Å². The van der Waals surface area contributed by atoms with E-state index in [0.717, 1.165) is 0 Å². The Hall–Kier alpha value is -3.35. The summed E-state index contributed by atoms with van der Waals surface area (Å²) in [6.45, 7) is 2.63. The van der Waals surface area contributed by atoms with Gasteiger partial charge in [-0.2, -0.15) is 0 Å². The second-order valence-electron chi connectivity index (χ2n) is 5.61. The van der Waals surface area contributed by atoms with Crippen molar-refractivity contribution in [3.63, 3.8) is 0 Å². The third kappa shape index (κ3) is 5.34. The summed E-state index contributed by atoms with van der Waals surface area (Å²) in [5, 5.41) is 5.39. The van der Waals surface area contributed by atoms with Crippen molar-refractivity contribution in [1.82, 2.24) is 0 Å². The van der Waals surface area contributed by atoms with Gasteiger partial charge < -0.3 is 20.3 Å². The molecule has 0 saturated heterocycles. The average molecular weight is 355 g/mol. The highest BCUT2D eigenvalue weighted by atomic mass is 16.5. The highest BCUT2D eigenvalue weighted by Crippen LogP contribution is 2.20. The van der Waals surface area contributed by atoms with Crippen molar-refractivity contribution in [1.29, 1.82) is 0 Å². The van der Waals surface area contributed by atoms with E-state index in [-0.39, 0.29) is 24.3 Å². The van der Waals surface area contributed by atoms with Crippen molar-refractivity contribution in [3.8, 4) is 5.75 Å². The zero-order valence-corrected chi connectivity index (χ0v) is 14.9. The molecule has 0 aromatic heterocycles. The van der Waals surface area contributed by atoms with Crippen molar-refractivity contribution in [3.05, 3.63) is 48.5 Å². The van der Waals surface area contributed by atoms with Crippen LogP contribution < -0.4 is 20.3 Å². The highest BCUT2D eigenvalue weighted by molar-refractivity contribution is 6.02. The summed E-state index contributed by atoms with van der Waals surface area (Å²) in [6.07, 6.45) is 0. The molecule has 136 valence electrons. The third-order valence-corrected chi connectivity index (χ3v) is 3.53. The molecule has 0 atom stereocenters. The van der Waals surface area contributed by atoms with E-state index in [0.29, 0.717) is 22.8 Å². The maximum atomic E-state index is 12.3. The number of carbonyl (C=O) groups is 3. The quantitative estimate of drug-likeness (QED) is 0.834. The molecule has 2 aromatic rings. The van der Waals surface area contributed by atoms with Gasteiger partial charge in [0.2, 0.25) is 17.7 Å². The second-order valence-corrected chi connectivity index (χ2v) is 5.61. The van der Waals surface area contributed by atoms with E-state index in [1.54, 1.807) is 55.6 Å². The van der Waals surface area contributed by atoms with Crippen LogP contribution in [0.5, 0.6) is 5.75 Å². The molecule has 0 unspecified atom stereocenters. The molecule has 0 heterocycles. The minimum Gasteiger partial charge on any atom is -0.497 e. The van der Waals surface area contributed by atoms with Gasteiger partial charge in [0.25, 0.3) is 0 Å². The molecule has 2 rings (SSSR count). The highest BCUT2D eigenvalue weighted by Gasteiger charge is 2.16. The van der Waals surface area contributed by atoms with Crippen LogP contribution in [0.3, 0.4) is 0 Å². The lowest BCUT2D eigenvalue weighted by molar-refractivity contribution is -0.120. The summed E-state index contributed by atoms with van der Waals surface area (Å²) < 4.78 is 5.07. The Kier molecular flexibility index (Phi) is 6.32. The molecule has 0 saturated carbocycles. The summed E-state index contributed by atoms with van der Waals surface area (Å²) in [4.78, 5) is 36.8. The van der Waals surface area contributed by atoms with Gasteiger partial charge in [0.05, 0.1) is 7.11 Å². The first kappa shape index (κ1) is 19.0. The molecule has 7 nitrogen and oxygen atoms in total. The number of methoxy groups -OCH3 is 1. The first-order chi connectivity index (χ1) is 12.4. The van der Waals surface area contributed by atoms with E-state index < -0.39 is 0 Å². The molecule has 7 heteroatoms. The molecule has 2 aromatic carbocycles. The fraction of sp³-hybridized carbons (Fsp3) is 0.211. The smallest absolute Gasteiger partial charge is 0.244 e. The number of nitrogens with zero attached hydrogens (tertiary/aromatic N) is 1. The number of ether oxygens (including phenoxy) is 1. The summed E-state index contributed by atoms with van der Waals surface area (Å²) in [6, 6.07) is 13.7. The zero-order valence-electron chi connectivity index (χ0n) is 14.9. The molecule has 0 aliphatic carbocycles. The normalized spacial score (nSPS) is 9.96. The van der Waals surface area contributed by atoms with Crippen LogP contribution in [0.25, 0.3) is 0 Å². The largest absolute Gasteiger partial charge is 0.497 e. The zero-order chi connectivity index (χ0) is 19.1. The van der Waals surface area contributed by atoms with Crippen LogP contribution in [0.15, 0.2) is 48.5 Å². The van der Waals surface area contributed by atoms with Crippen LogP contribution in [0.4, 0.5) is 17.1 Å². The van der Waals surface area contributed by atoms with Crippen molar-refractivity contribution in [2.45, 2.75) is 13.8 Å². The van der Waals surface area contributed by atoms with Gasteiger partial charge in [0.15, 0.2) is 0 Å². The van der Waals surface area contributed by atoms with Gasteiger partial charge in [-0.25, -0.2) is 0 Å². The lowest BCUT2D eigenvalue weighted by atomic mass is 10.2. The molecular formula is C19H21N3O4. The molecule has 3 amide bonds. The Morgan fingerprint density at radius 3 is 2.23 bits per heavy atom. The second kappa shape index (κ2) is 8.66. The monoisotopic (exact) mass is 355 g/mol. The lowest BCUT2D eigenvalue weighted by Crippen LogP contribution is -2.36. The number of anilines is 3. The minimum atomic E-state index is -0.338. The Labute approximate surface area is 152 Å². The van der Waals surface area contributed by atoms with Gasteiger partial charge in [-0.1, -0.05) is 6.07 Å². The van der Waals surface area contributed by atoms with E-state index in [2.05, 4.69) is 10.6 Å². The van der Waals surface area contributed by atoms with Crippen LogP contribution >= 0.6 is 0 Å². The molecule has 2 N–H and O–H groups in total. The Morgan fingerprint density at radius 2 is 1.65 bits per heavy atom. The number of rotatable bonds is 6. The Morgan fingerprint density at radius 1 is 0.962 bits per heavy atom. The number of hydrogen-bond donors (Lipinski definition) is 2. The van der Waals surface area contributed by atoms with E-state index in [9.17, 15) is 14.4 Å². The van der Waals surface area contributed by atoms with E-state index in [1.165, 1.54) is 18.7 Å². The van der Waals surface area contributed by atoms with Crippen molar-refractivity contribution >= 4 is 34.8 Å². The van der Waals surface area contributed by atoms with Gasteiger partial charge in [-0.3, -0.25) is 14.4 Å². The van der Waals surface area contributed by atoms with Gasteiger partial charge in [0.1, 0.15) is 12.3 Å². The predicted octanol–water partition coefficient (Wildman–Crippen LogP) is 2.65. The molecule has 0 radical (unpaired) electrons. The summed E-state index contributed by atoms with van der Waals surface area (Å²) in [7, 11) is 1.56. The third-order valence-electron chi connectivity index (χ3n) is 3.53. The molecule has 26 heavy (non-hydrogen) atoms. The van der Waals surface area contributed by atoms with Gasteiger partial charge in [0, 0.05) is 30.9 Å². The van der Waals surface area contributed by atoms with Gasteiger partial charge in [-0.05, 0) is 42.5 Å². The van der Waals surface area contributed by atoms with E-state index >= 15 is 0 Å². The van der Waals surface area contributed by atoms with Gasteiger partial charge in [-0.15, -0.1) is 0 Å². The van der Waals surface area contributed by atoms with Crippen molar-refractivity contribution < 1.29 is 19.1 Å². The SMILES string of the molecule is COc1ccc(NC(=O)CN(C(C)=O)c2cccc(NC(C)=O)c2)cc1. The maximum absolute atomic E-state index is 12.3. The van der Waals surface area contributed by atoms with Crippen LogP contribution in [0.2, 0.25) is 0 Å². The fourth-order valence-corrected chi connectivity index (χ4v) is 2.36. The summed E-state index contributed by atoms with van der Waals surface area (Å²) >= 11 is 0. The number of amides is 3. The standard InChI is InChI=1S/C19H21N3O4/c1-13(23)20-16-5-4-6-17(11-16)22(14(2)24)12-19(25)21-15-7-9-18(26-3)10-8-15/h4-11H,12H2,1-3H3,(H,20,23)(H,21,25). The van der Waals surface area contributed by atoms with E-state index in [4.69, 9.17) is 4.74 Å². The summed E-state index contributed by atoms with van der Waals surface area (Å²) in [5.74, 6) is -0.151. The molecule has 0 bridgehead atoms. The van der Waals surface area contributed by atoms with Crippen LogP contribution in [0.1, 0.15) is 13.8 Å². The number of hydrogen-bond acceptors (Lipinski definition) is 4. The minimum absolute atomic E-state index is 0.148. The Bertz CT molecular complexity index is 803. The van der Waals surface area contributed by atoms with Crippen LogP contribution in [-0.2, 0) is 14.4 Å². The number of benzene rings is 2. The Balaban J connectivity index is 2.10. The first-order valence-corrected chi connectivity index (χ1v) is 7.98. The molecular weight excluding hydrogens is 334 g/mol. The molecule has 0 spiro atoms. The molecule has 0 aliphatic rings. The first-order valence-electron chi connectivity index (χ1n) is 7.98. The predicted molar refractivity (Wildman–Crippen MR) is 100 cm³/mol. The number of nitrogens with one attached hydrogen (secondary N) is 2. The molecule has 0 aliphatic heterocycles. The summed E-state index contributed by atoms with van der Waals surface area (Å²) in [5.41, 5.74) is 1.68. The lowest BCUT2D eigenvalue weighted by Gasteiger charge is -2.21.